The maximum atomic E-state index is 11.4. The van der Waals surface area contributed by atoms with Crippen molar-refractivity contribution < 1.29 is 28.8 Å². The molecule has 1 unspecified atom stereocenters. The Hall–Kier alpha value is -2.81. The molecule has 1 atom stereocenters. The van der Waals surface area contributed by atoms with Crippen LogP contribution in [0.4, 0.5) is 0 Å². The smallest absolute Gasteiger partial charge is 0.252 e. The Morgan fingerprint density at radius 2 is 1.67 bits per heavy atom. The number of rotatable bonds is 15. The fourth-order valence-electron chi connectivity index (χ4n) is 3.61. The van der Waals surface area contributed by atoms with E-state index in [1.165, 1.54) is 12.8 Å². The summed E-state index contributed by atoms with van der Waals surface area (Å²) in [5.41, 5.74) is 5.68. The van der Waals surface area contributed by atoms with Crippen LogP contribution in [-0.4, -0.2) is 62.7 Å². The van der Waals surface area contributed by atoms with Crippen molar-refractivity contribution in [3.05, 3.63) is 54.1 Å². The number of carbonyl (C=O) groups is 1. The van der Waals surface area contributed by atoms with E-state index in [1.807, 2.05) is 24.3 Å². The van der Waals surface area contributed by atoms with Gasteiger partial charge in [0.25, 0.3) is 5.91 Å². The molecule has 180 valence electrons. The Morgan fingerprint density at radius 1 is 0.970 bits per heavy atom. The van der Waals surface area contributed by atoms with Gasteiger partial charge in [-0.2, -0.15) is 0 Å². The summed E-state index contributed by atoms with van der Waals surface area (Å²) in [7, 11) is 0. The summed E-state index contributed by atoms with van der Waals surface area (Å²) >= 11 is 0. The minimum absolute atomic E-state index is 0.161. The van der Waals surface area contributed by atoms with Crippen molar-refractivity contribution in [2.75, 3.05) is 39.5 Å². The lowest BCUT2D eigenvalue weighted by atomic mass is 10.2. The number of nitrogens with two attached hydrogens (primary N) is 1. The number of primary amides is 1. The molecular weight excluding hydrogens is 424 g/mol. The molecule has 1 amide bonds. The zero-order valence-electron chi connectivity index (χ0n) is 18.9. The molecule has 1 saturated carbocycles. The maximum Gasteiger partial charge on any atom is 0.252 e. The first kappa shape index (κ1) is 24.8. The summed E-state index contributed by atoms with van der Waals surface area (Å²) in [5, 5.41) is 13.2. The Bertz CT molecular complexity index is 839. The Kier molecular flexibility index (Phi) is 10.3. The van der Waals surface area contributed by atoms with Gasteiger partial charge in [-0.1, -0.05) is 25.0 Å². The van der Waals surface area contributed by atoms with Crippen LogP contribution in [-0.2, 0) is 4.74 Å². The van der Waals surface area contributed by atoms with Gasteiger partial charge < -0.3 is 35.1 Å². The van der Waals surface area contributed by atoms with Crippen LogP contribution in [0.3, 0.4) is 0 Å². The highest BCUT2D eigenvalue weighted by Crippen LogP contribution is 2.21. The van der Waals surface area contributed by atoms with E-state index in [1.54, 1.807) is 24.3 Å². The monoisotopic (exact) mass is 458 g/mol. The topological polar surface area (TPSA) is 112 Å². The number of hydrogen-bond acceptors (Lipinski definition) is 7. The van der Waals surface area contributed by atoms with Crippen molar-refractivity contribution in [3.63, 3.8) is 0 Å². The summed E-state index contributed by atoms with van der Waals surface area (Å²) in [4.78, 5) is 11.4. The van der Waals surface area contributed by atoms with Crippen molar-refractivity contribution >= 4 is 5.91 Å². The van der Waals surface area contributed by atoms with E-state index >= 15 is 0 Å². The molecule has 8 nitrogen and oxygen atoms in total. The van der Waals surface area contributed by atoms with Crippen LogP contribution in [0, 0.1) is 0 Å². The van der Waals surface area contributed by atoms with Crippen LogP contribution < -0.4 is 25.3 Å². The molecule has 0 radical (unpaired) electrons. The molecule has 3 rings (SSSR count). The lowest BCUT2D eigenvalue weighted by molar-refractivity contribution is 0.0382. The van der Waals surface area contributed by atoms with E-state index in [9.17, 15) is 9.90 Å². The third kappa shape index (κ3) is 8.92. The lowest BCUT2D eigenvalue weighted by Crippen LogP contribution is -2.33. The fourth-order valence-corrected chi connectivity index (χ4v) is 3.61. The van der Waals surface area contributed by atoms with E-state index in [0.717, 1.165) is 18.6 Å². The average molecular weight is 459 g/mol. The molecule has 1 fully saturated rings. The Balaban J connectivity index is 1.24. The number of ether oxygens (including phenoxy) is 4. The van der Waals surface area contributed by atoms with Gasteiger partial charge in [-0.25, -0.2) is 0 Å². The van der Waals surface area contributed by atoms with Gasteiger partial charge in [0, 0.05) is 13.1 Å². The zero-order valence-corrected chi connectivity index (χ0v) is 18.9. The van der Waals surface area contributed by atoms with Gasteiger partial charge >= 0.3 is 0 Å². The standard InChI is InChI=1S/C25H34N2O6/c26-25(29)23-7-3-4-8-24(23)32-14-13-27-17-19(28)18-33-22-11-9-21(10-12-22)31-16-15-30-20-5-1-2-6-20/h3-4,7-12,19-20,27-28H,1-2,5-6,13-18H2,(H2,26,29). The first-order valence-electron chi connectivity index (χ1n) is 11.5. The van der Waals surface area contributed by atoms with Gasteiger partial charge in [0.2, 0.25) is 0 Å². The Labute approximate surface area is 195 Å². The number of aliphatic hydroxyl groups excluding tert-OH is 1. The van der Waals surface area contributed by atoms with Crippen molar-refractivity contribution in [2.24, 2.45) is 5.73 Å². The molecule has 1 aliphatic carbocycles. The van der Waals surface area contributed by atoms with Crippen LogP contribution in [0.1, 0.15) is 36.0 Å². The van der Waals surface area contributed by atoms with Crippen LogP contribution in [0.25, 0.3) is 0 Å². The Morgan fingerprint density at radius 3 is 2.39 bits per heavy atom. The molecule has 0 bridgehead atoms. The summed E-state index contributed by atoms with van der Waals surface area (Å²) in [6.07, 6.45) is 4.57. The van der Waals surface area contributed by atoms with Crippen LogP contribution in [0.15, 0.2) is 48.5 Å². The molecule has 2 aromatic rings. The second-order valence-corrected chi connectivity index (χ2v) is 7.97. The van der Waals surface area contributed by atoms with E-state index < -0.39 is 12.0 Å². The van der Waals surface area contributed by atoms with Gasteiger partial charge in [0.15, 0.2) is 0 Å². The van der Waals surface area contributed by atoms with E-state index in [-0.39, 0.29) is 6.61 Å². The predicted octanol–water partition coefficient (Wildman–Crippen LogP) is 2.53. The summed E-state index contributed by atoms with van der Waals surface area (Å²) in [5.74, 6) is 1.34. The summed E-state index contributed by atoms with van der Waals surface area (Å²) < 4.78 is 22.7. The van der Waals surface area contributed by atoms with Gasteiger partial charge in [-0.05, 0) is 49.2 Å². The molecule has 0 aliphatic heterocycles. The quantitative estimate of drug-likeness (QED) is 0.352. The first-order chi connectivity index (χ1) is 16.1. The summed E-state index contributed by atoms with van der Waals surface area (Å²) in [6.45, 7) is 2.48. The van der Waals surface area contributed by atoms with Crippen molar-refractivity contribution in [1.29, 1.82) is 0 Å². The van der Waals surface area contributed by atoms with Gasteiger partial charge in [0.05, 0.1) is 18.3 Å². The average Bonchev–Trinajstić information content (AvgIpc) is 3.35. The highest BCUT2D eigenvalue weighted by atomic mass is 16.5. The predicted molar refractivity (Wildman–Crippen MR) is 125 cm³/mol. The molecule has 4 N–H and O–H groups in total. The molecule has 0 spiro atoms. The number of nitrogens with one attached hydrogen (secondary N) is 1. The van der Waals surface area contributed by atoms with Crippen LogP contribution in [0.5, 0.6) is 17.2 Å². The molecule has 0 saturated heterocycles. The molecule has 2 aromatic carbocycles. The van der Waals surface area contributed by atoms with Crippen LogP contribution in [0.2, 0.25) is 0 Å². The van der Waals surface area contributed by atoms with Gasteiger partial charge in [-0.15, -0.1) is 0 Å². The van der Waals surface area contributed by atoms with Crippen molar-refractivity contribution in [3.8, 4) is 17.2 Å². The maximum absolute atomic E-state index is 11.4. The molecular formula is C25H34N2O6. The van der Waals surface area contributed by atoms with E-state index in [0.29, 0.717) is 56.1 Å². The minimum atomic E-state index is -0.674. The van der Waals surface area contributed by atoms with Gasteiger partial charge in [0.1, 0.15) is 43.2 Å². The normalized spacial score (nSPS) is 14.7. The number of amides is 1. The molecule has 1 aliphatic rings. The lowest BCUT2D eigenvalue weighted by Gasteiger charge is -2.15. The number of para-hydroxylation sites is 1. The van der Waals surface area contributed by atoms with E-state index in [2.05, 4.69) is 5.32 Å². The minimum Gasteiger partial charge on any atom is -0.491 e. The SMILES string of the molecule is NC(=O)c1ccccc1OCCNCC(O)COc1ccc(OCCOC2CCCC2)cc1. The van der Waals surface area contributed by atoms with Gasteiger partial charge in [-0.3, -0.25) is 4.79 Å². The highest BCUT2D eigenvalue weighted by Gasteiger charge is 2.14. The van der Waals surface area contributed by atoms with Crippen molar-refractivity contribution in [2.45, 2.75) is 37.9 Å². The third-order valence-electron chi connectivity index (χ3n) is 5.34. The molecule has 0 heterocycles. The molecule has 33 heavy (non-hydrogen) atoms. The number of benzene rings is 2. The fraction of sp³-hybridized carbons (Fsp3) is 0.480. The zero-order chi connectivity index (χ0) is 23.3. The number of hydrogen-bond donors (Lipinski definition) is 3. The van der Waals surface area contributed by atoms with Crippen LogP contribution >= 0.6 is 0 Å². The largest absolute Gasteiger partial charge is 0.491 e. The first-order valence-corrected chi connectivity index (χ1v) is 11.5. The number of aliphatic hydroxyl groups is 1. The number of carbonyl (C=O) groups excluding carboxylic acids is 1. The second-order valence-electron chi connectivity index (χ2n) is 7.97. The third-order valence-corrected chi connectivity index (χ3v) is 5.34. The van der Waals surface area contributed by atoms with Crippen molar-refractivity contribution in [1.82, 2.24) is 5.32 Å². The molecule has 0 aromatic heterocycles. The second kappa shape index (κ2) is 13.7. The van der Waals surface area contributed by atoms with E-state index in [4.69, 9.17) is 24.7 Å². The highest BCUT2D eigenvalue weighted by molar-refractivity contribution is 5.95. The molecule has 8 heteroatoms. The summed E-state index contributed by atoms with van der Waals surface area (Å²) in [6, 6.07) is 14.2.